The SMILES string of the molecule is CCOc1cncc(-c2ncnc(N)c2CC)c1. The molecule has 0 aliphatic rings. The smallest absolute Gasteiger partial charge is 0.138 e. The molecule has 0 bridgehead atoms. The fourth-order valence-corrected chi connectivity index (χ4v) is 1.82. The van der Waals surface area contributed by atoms with E-state index in [0.717, 1.165) is 29.0 Å². The summed E-state index contributed by atoms with van der Waals surface area (Å²) in [5.41, 5.74) is 8.51. The van der Waals surface area contributed by atoms with Crippen LogP contribution in [0.25, 0.3) is 11.3 Å². The number of rotatable bonds is 4. The lowest BCUT2D eigenvalue weighted by atomic mass is 10.1. The van der Waals surface area contributed by atoms with Gasteiger partial charge in [-0.25, -0.2) is 9.97 Å². The summed E-state index contributed by atoms with van der Waals surface area (Å²) in [4.78, 5) is 12.5. The maximum absolute atomic E-state index is 5.86. The van der Waals surface area contributed by atoms with E-state index in [4.69, 9.17) is 10.5 Å². The van der Waals surface area contributed by atoms with Crippen molar-refractivity contribution in [3.63, 3.8) is 0 Å². The van der Waals surface area contributed by atoms with Gasteiger partial charge in [-0.1, -0.05) is 6.92 Å². The lowest BCUT2D eigenvalue weighted by Gasteiger charge is -2.09. The summed E-state index contributed by atoms with van der Waals surface area (Å²) in [6, 6.07) is 1.91. The Balaban J connectivity index is 2.48. The van der Waals surface area contributed by atoms with Crippen molar-refractivity contribution >= 4 is 5.82 Å². The van der Waals surface area contributed by atoms with E-state index in [-0.39, 0.29) is 0 Å². The molecule has 2 aromatic rings. The van der Waals surface area contributed by atoms with E-state index >= 15 is 0 Å². The Morgan fingerprint density at radius 3 is 2.78 bits per heavy atom. The Morgan fingerprint density at radius 2 is 2.06 bits per heavy atom. The van der Waals surface area contributed by atoms with Gasteiger partial charge in [-0.05, 0) is 19.4 Å². The zero-order chi connectivity index (χ0) is 13.0. The van der Waals surface area contributed by atoms with Gasteiger partial charge < -0.3 is 10.5 Å². The minimum absolute atomic E-state index is 0.518. The average molecular weight is 244 g/mol. The number of hydrogen-bond donors (Lipinski definition) is 1. The molecule has 94 valence electrons. The Bertz CT molecular complexity index is 542. The molecule has 0 amide bonds. The van der Waals surface area contributed by atoms with Crippen molar-refractivity contribution < 1.29 is 4.74 Å². The van der Waals surface area contributed by atoms with E-state index in [1.807, 2.05) is 19.9 Å². The molecule has 5 heteroatoms. The highest BCUT2D eigenvalue weighted by molar-refractivity contribution is 5.67. The number of anilines is 1. The predicted molar refractivity (Wildman–Crippen MR) is 70.2 cm³/mol. The zero-order valence-electron chi connectivity index (χ0n) is 10.6. The number of ether oxygens (including phenoxy) is 1. The molecule has 0 spiro atoms. The number of pyridine rings is 1. The highest BCUT2D eigenvalue weighted by Gasteiger charge is 2.10. The minimum atomic E-state index is 0.518. The fraction of sp³-hybridized carbons (Fsp3) is 0.308. The summed E-state index contributed by atoms with van der Waals surface area (Å²) in [5.74, 6) is 1.25. The van der Waals surface area contributed by atoms with E-state index in [2.05, 4.69) is 15.0 Å². The molecule has 2 heterocycles. The number of nitrogens with two attached hydrogens (primary N) is 1. The molecule has 2 N–H and O–H groups in total. The lowest BCUT2D eigenvalue weighted by Crippen LogP contribution is -2.02. The van der Waals surface area contributed by atoms with Crippen molar-refractivity contribution in [1.29, 1.82) is 0 Å². The molecular weight excluding hydrogens is 228 g/mol. The van der Waals surface area contributed by atoms with Crippen LogP contribution in [0.5, 0.6) is 5.75 Å². The fourth-order valence-electron chi connectivity index (χ4n) is 1.82. The minimum Gasteiger partial charge on any atom is -0.492 e. The molecule has 2 rings (SSSR count). The molecular formula is C13H16N4O. The average Bonchev–Trinajstić information content (AvgIpc) is 2.39. The van der Waals surface area contributed by atoms with Crippen LogP contribution in [0.4, 0.5) is 5.82 Å². The third-order valence-electron chi connectivity index (χ3n) is 2.63. The maximum atomic E-state index is 5.86. The van der Waals surface area contributed by atoms with Gasteiger partial charge in [0.2, 0.25) is 0 Å². The second kappa shape index (κ2) is 5.44. The summed E-state index contributed by atoms with van der Waals surface area (Å²) in [7, 11) is 0. The van der Waals surface area contributed by atoms with Crippen LogP contribution >= 0.6 is 0 Å². The van der Waals surface area contributed by atoms with Crippen LogP contribution in [0.2, 0.25) is 0 Å². The van der Waals surface area contributed by atoms with Crippen LogP contribution in [0.15, 0.2) is 24.8 Å². The summed E-state index contributed by atoms with van der Waals surface area (Å²) < 4.78 is 5.43. The molecule has 0 aliphatic heterocycles. The van der Waals surface area contributed by atoms with Crippen LogP contribution in [-0.4, -0.2) is 21.6 Å². The largest absolute Gasteiger partial charge is 0.492 e. The second-order valence-corrected chi connectivity index (χ2v) is 3.78. The van der Waals surface area contributed by atoms with Gasteiger partial charge in [-0.2, -0.15) is 0 Å². The van der Waals surface area contributed by atoms with Crippen molar-refractivity contribution in [3.8, 4) is 17.0 Å². The highest BCUT2D eigenvalue weighted by atomic mass is 16.5. The van der Waals surface area contributed by atoms with Gasteiger partial charge in [0.25, 0.3) is 0 Å². The number of aromatic nitrogens is 3. The van der Waals surface area contributed by atoms with Crippen LogP contribution in [0.3, 0.4) is 0 Å². The summed E-state index contributed by atoms with van der Waals surface area (Å²) in [6.07, 6.45) is 5.69. The Hall–Kier alpha value is -2.17. The third-order valence-corrected chi connectivity index (χ3v) is 2.63. The molecule has 0 saturated heterocycles. The molecule has 0 fully saturated rings. The molecule has 0 aromatic carbocycles. The first-order valence-electron chi connectivity index (χ1n) is 5.93. The number of hydrogen-bond acceptors (Lipinski definition) is 5. The van der Waals surface area contributed by atoms with Crippen LogP contribution in [0, 0.1) is 0 Å². The first-order chi connectivity index (χ1) is 8.76. The molecule has 0 unspecified atom stereocenters. The van der Waals surface area contributed by atoms with Crippen LogP contribution in [0.1, 0.15) is 19.4 Å². The van der Waals surface area contributed by atoms with Crippen molar-refractivity contribution in [2.75, 3.05) is 12.3 Å². The quantitative estimate of drug-likeness (QED) is 0.891. The third kappa shape index (κ3) is 2.40. The first-order valence-corrected chi connectivity index (χ1v) is 5.93. The zero-order valence-corrected chi connectivity index (χ0v) is 10.6. The molecule has 0 atom stereocenters. The molecule has 2 aromatic heterocycles. The Kier molecular flexibility index (Phi) is 3.72. The monoisotopic (exact) mass is 244 g/mol. The van der Waals surface area contributed by atoms with Gasteiger partial charge in [-0.15, -0.1) is 0 Å². The number of nitrogen functional groups attached to an aromatic ring is 1. The van der Waals surface area contributed by atoms with E-state index < -0.39 is 0 Å². The predicted octanol–water partition coefficient (Wildman–Crippen LogP) is 2.08. The van der Waals surface area contributed by atoms with Crippen molar-refractivity contribution in [3.05, 3.63) is 30.4 Å². The topological polar surface area (TPSA) is 73.9 Å². The van der Waals surface area contributed by atoms with E-state index in [9.17, 15) is 0 Å². The van der Waals surface area contributed by atoms with Crippen molar-refractivity contribution in [2.24, 2.45) is 0 Å². The molecule has 0 radical (unpaired) electrons. The van der Waals surface area contributed by atoms with E-state index in [1.165, 1.54) is 6.33 Å². The second-order valence-electron chi connectivity index (χ2n) is 3.78. The van der Waals surface area contributed by atoms with E-state index in [1.54, 1.807) is 12.4 Å². The van der Waals surface area contributed by atoms with Gasteiger partial charge >= 0.3 is 0 Å². The normalized spacial score (nSPS) is 10.3. The summed E-state index contributed by atoms with van der Waals surface area (Å²) in [6.45, 7) is 4.57. The van der Waals surface area contributed by atoms with Crippen LogP contribution in [-0.2, 0) is 6.42 Å². The van der Waals surface area contributed by atoms with Crippen molar-refractivity contribution in [1.82, 2.24) is 15.0 Å². The molecule has 5 nitrogen and oxygen atoms in total. The lowest BCUT2D eigenvalue weighted by molar-refractivity contribution is 0.339. The first kappa shape index (κ1) is 12.3. The van der Waals surface area contributed by atoms with Gasteiger partial charge in [0.05, 0.1) is 18.5 Å². The standard InChI is InChI=1S/C13H16N4O/c1-3-11-12(16-8-17-13(11)14)9-5-10(18-4-2)7-15-6-9/h5-8H,3-4H2,1-2H3,(H2,14,16,17). The summed E-state index contributed by atoms with van der Waals surface area (Å²) >= 11 is 0. The number of nitrogens with zero attached hydrogens (tertiary/aromatic N) is 3. The van der Waals surface area contributed by atoms with Gasteiger partial charge in [-0.3, -0.25) is 4.98 Å². The molecule has 0 saturated carbocycles. The molecule has 0 aliphatic carbocycles. The van der Waals surface area contributed by atoms with Crippen molar-refractivity contribution in [2.45, 2.75) is 20.3 Å². The van der Waals surface area contributed by atoms with Gasteiger partial charge in [0.1, 0.15) is 17.9 Å². The van der Waals surface area contributed by atoms with Gasteiger partial charge in [0.15, 0.2) is 0 Å². The van der Waals surface area contributed by atoms with Gasteiger partial charge in [0, 0.05) is 17.3 Å². The Labute approximate surface area is 106 Å². The highest BCUT2D eigenvalue weighted by Crippen LogP contribution is 2.26. The Morgan fingerprint density at radius 1 is 1.22 bits per heavy atom. The van der Waals surface area contributed by atoms with Crippen LogP contribution < -0.4 is 10.5 Å². The molecule has 18 heavy (non-hydrogen) atoms. The summed E-state index contributed by atoms with van der Waals surface area (Å²) in [5, 5.41) is 0. The maximum Gasteiger partial charge on any atom is 0.138 e. The van der Waals surface area contributed by atoms with E-state index in [0.29, 0.717) is 12.4 Å².